The van der Waals surface area contributed by atoms with E-state index in [0.29, 0.717) is 12.8 Å². The topological polar surface area (TPSA) is 56.1 Å². The van der Waals surface area contributed by atoms with Crippen molar-refractivity contribution in [3.05, 3.63) is 42.0 Å². The van der Waals surface area contributed by atoms with Crippen LogP contribution in [0, 0.1) is 11.3 Å². The number of carbonyl (C=O) groups is 1. The zero-order chi connectivity index (χ0) is 14.4. The molecule has 1 N–H and O–H groups in total. The van der Waals surface area contributed by atoms with E-state index >= 15 is 0 Å². The van der Waals surface area contributed by atoms with Gasteiger partial charge in [0.15, 0.2) is 0 Å². The Hall–Kier alpha value is -2.12. The molecule has 4 heteroatoms. The normalized spacial score (nSPS) is 18.6. The second-order valence-electron chi connectivity index (χ2n) is 5.23. The SMILES string of the molecule is CN1CCC(C#N)(NC(=O)/C=C/c2ccccc2)CC1. The summed E-state index contributed by atoms with van der Waals surface area (Å²) in [5.41, 5.74) is 0.252. The van der Waals surface area contributed by atoms with Crippen molar-refractivity contribution >= 4 is 12.0 Å². The molecule has 0 aromatic heterocycles. The minimum Gasteiger partial charge on any atom is -0.334 e. The average molecular weight is 269 g/mol. The standard InChI is InChI=1S/C16H19N3O/c1-19-11-9-16(13-17,10-12-19)18-15(20)8-7-14-5-3-2-4-6-14/h2-8H,9-12H2,1H3,(H,18,20)/b8-7+. The molecule has 0 radical (unpaired) electrons. The number of carbonyl (C=O) groups excluding carboxylic acids is 1. The summed E-state index contributed by atoms with van der Waals surface area (Å²) < 4.78 is 0. The molecule has 1 saturated heterocycles. The lowest BCUT2D eigenvalue weighted by atomic mass is 9.89. The fourth-order valence-corrected chi connectivity index (χ4v) is 2.28. The molecule has 4 nitrogen and oxygen atoms in total. The molecule has 1 aliphatic heterocycles. The predicted octanol–water partition coefficient (Wildman–Crippen LogP) is 1.80. The van der Waals surface area contributed by atoms with Crippen LogP contribution in [0.1, 0.15) is 18.4 Å². The van der Waals surface area contributed by atoms with Crippen LogP contribution < -0.4 is 5.32 Å². The van der Waals surface area contributed by atoms with Gasteiger partial charge >= 0.3 is 0 Å². The van der Waals surface area contributed by atoms with E-state index in [1.165, 1.54) is 6.08 Å². The Morgan fingerprint density at radius 3 is 2.60 bits per heavy atom. The summed E-state index contributed by atoms with van der Waals surface area (Å²) in [5, 5.41) is 12.2. The van der Waals surface area contributed by atoms with Crippen LogP contribution in [0.2, 0.25) is 0 Å². The van der Waals surface area contributed by atoms with Gasteiger partial charge in [-0.1, -0.05) is 30.3 Å². The summed E-state index contributed by atoms with van der Waals surface area (Å²) in [6, 6.07) is 11.9. The van der Waals surface area contributed by atoms with Gasteiger partial charge in [-0.3, -0.25) is 4.79 Å². The maximum atomic E-state index is 12.0. The van der Waals surface area contributed by atoms with Crippen LogP contribution in [-0.2, 0) is 4.79 Å². The summed E-state index contributed by atoms with van der Waals surface area (Å²) in [6.07, 6.45) is 4.60. The van der Waals surface area contributed by atoms with Gasteiger partial charge < -0.3 is 10.2 Å². The van der Waals surface area contributed by atoms with Crippen LogP contribution in [0.3, 0.4) is 0 Å². The van der Waals surface area contributed by atoms with Gasteiger partial charge in [-0.2, -0.15) is 5.26 Å². The molecule has 20 heavy (non-hydrogen) atoms. The van der Waals surface area contributed by atoms with Crippen LogP contribution in [-0.4, -0.2) is 36.5 Å². The summed E-state index contributed by atoms with van der Waals surface area (Å²) in [4.78, 5) is 14.1. The average Bonchev–Trinajstić information content (AvgIpc) is 2.49. The van der Waals surface area contributed by atoms with Crippen LogP contribution >= 0.6 is 0 Å². The first-order valence-electron chi connectivity index (χ1n) is 6.79. The van der Waals surface area contributed by atoms with Crippen LogP contribution in [0.15, 0.2) is 36.4 Å². The first-order chi connectivity index (χ1) is 9.63. The highest BCUT2D eigenvalue weighted by Gasteiger charge is 2.34. The Morgan fingerprint density at radius 1 is 1.35 bits per heavy atom. The summed E-state index contributed by atoms with van der Waals surface area (Å²) in [6.45, 7) is 1.66. The first-order valence-corrected chi connectivity index (χ1v) is 6.79. The molecule has 1 fully saturated rings. The van der Waals surface area contributed by atoms with Gasteiger partial charge in [0.25, 0.3) is 0 Å². The number of nitrogens with zero attached hydrogens (tertiary/aromatic N) is 2. The number of hydrogen-bond acceptors (Lipinski definition) is 3. The molecular weight excluding hydrogens is 250 g/mol. The number of nitriles is 1. The van der Waals surface area contributed by atoms with Gasteiger partial charge in [0.05, 0.1) is 6.07 Å². The van der Waals surface area contributed by atoms with E-state index in [2.05, 4.69) is 16.3 Å². The minimum atomic E-state index is -0.718. The van der Waals surface area contributed by atoms with E-state index in [0.717, 1.165) is 18.7 Å². The van der Waals surface area contributed by atoms with E-state index in [9.17, 15) is 10.1 Å². The summed E-state index contributed by atoms with van der Waals surface area (Å²) in [5.74, 6) is -0.208. The highest BCUT2D eigenvalue weighted by Crippen LogP contribution is 2.20. The predicted molar refractivity (Wildman–Crippen MR) is 78.7 cm³/mol. The lowest BCUT2D eigenvalue weighted by Crippen LogP contribution is -2.53. The molecule has 0 atom stereocenters. The van der Waals surface area contributed by atoms with Crippen molar-refractivity contribution in [2.24, 2.45) is 0 Å². The van der Waals surface area contributed by atoms with Gasteiger partial charge in [-0.15, -0.1) is 0 Å². The fourth-order valence-electron chi connectivity index (χ4n) is 2.28. The Bertz CT molecular complexity index is 522. The molecule has 1 aromatic rings. The molecule has 1 amide bonds. The highest BCUT2D eigenvalue weighted by molar-refractivity contribution is 5.92. The fraction of sp³-hybridized carbons (Fsp3) is 0.375. The molecule has 2 rings (SSSR count). The third kappa shape index (κ3) is 3.69. The van der Waals surface area contributed by atoms with Gasteiger partial charge in [-0.05, 0) is 31.5 Å². The van der Waals surface area contributed by atoms with Gasteiger partial charge in [-0.25, -0.2) is 0 Å². The Kier molecular flexibility index (Phi) is 4.54. The van der Waals surface area contributed by atoms with Crippen LogP contribution in [0.5, 0.6) is 0 Å². The summed E-state index contributed by atoms with van der Waals surface area (Å²) in [7, 11) is 2.03. The highest BCUT2D eigenvalue weighted by atomic mass is 16.1. The second kappa shape index (κ2) is 6.36. The Morgan fingerprint density at radius 2 is 2.00 bits per heavy atom. The molecule has 0 unspecified atom stereocenters. The molecule has 104 valence electrons. The van der Waals surface area contributed by atoms with Crippen LogP contribution in [0.25, 0.3) is 6.08 Å². The maximum absolute atomic E-state index is 12.0. The number of hydrogen-bond donors (Lipinski definition) is 1. The number of benzene rings is 1. The van der Waals surface area contributed by atoms with Crippen molar-refractivity contribution in [3.63, 3.8) is 0 Å². The van der Waals surface area contributed by atoms with Gasteiger partial charge in [0, 0.05) is 19.2 Å². The summed E-state index contributed by atoms with van der Waals surface area (Å²) >= 11 is 0. The van der Waals surface area contributed by atoms with E-state index in [4.69, 9.17) is 0 Å². The number of likely N-dealkylation sites (tertiary alicyclic amines) is 1. The molecule has 0 bridgehead atoms. The quantitative estimate of drug-likeness (QED) is 0.851. The third-order valence-corrected chi connectivity index (χ3v) is 3.64. The molecule has 1 aromatic carbocycles. The van der Waals surface area contributed by atoms with Crippen molar-refractivity contribution in [2.75, 3.05) is 20.1 Å². The van der Waals surface area contributed by atoms with Crippen LogP contribution in [0.4, 0.5) is 0 Å². The molecule has 1 aliphatic rings. The zero-order valence-corrected chi connectivity index (χ0v) is 11.7. The minimum absolute atomic E-state index is 0.208. The second-order valence-corrected chi connectivity index (χ2v) is 5.23. The van der Waals surface area contributed by atoms with Gasteiger partial charge in [0.2, 0.25) is 5.91 Å². The third-order valence-electron chi connectivity index (χ3n) is 3.64. The Labute approximate surface area is 119 Å². The number of rotatable bonds is 3. The largest absolute Gasteiger partial charge is 0.334 e. The number of amides is 1. The molecule has 0 spiro atoms. The first kappa shape index (κ1) is 14.3. The monoisotopic (exact) mass is 269 g/mol. The number of nitrogens with one attached hydrogen (secondary N) is 1. The van der Waals surface area contributed by atoms with Gasteiger partial charge in [0.1, 0.15) is 5.54 Å². The maximum Gasteiger partial charge on any atom is 0.245 e. The van der Waals surface area contributed by atoms with E-state index < -0.39 is 5.54 Å². The molecule has 0 saturated carbocycles. The lowest BCUT2D eigenvalue weighted by molar-refractivity contribution is -0.118. The van der Waals surface area contributed by atoms with Crippen molar-refractivity contribution < 1.29 is 4.79 Å². The lowest BCUT2D eigenvalue weighted by Gasteiger charge is -2.35. The van der Waals surface area contributed by atoms with E-state index in [-0.39, 0.29) is 5.91 Å². The molecular formula is C16H19N3O. The number of piperidine rings is 1. The van der Waals surface area contributed by atoms with E-state index in [1.54, 1.807) is 6.08 Å². The van der Waals surface area contributed by atoms with Crippen molar-refractivity contribution in [3.8, 4) is 6.07 Å². The smallest absolute Gasteiger partial charge is 0.245 e. The molecule has 0 aliphatic carbocycles. The zero-order valence-electron chi connectivity index (χ0n) is 11.7. The molecule has 1 heterocycles. The van der Waals surface area contributed by atoms with E-state index in [1.807, 2.05) is 37.4 Å². The van der Waals surface area contributed by atoms with Crippen molar-refractivity contribution in [2.45, 2.75) is 18.4 Å². The van der Waals surface area contributed by atoms with Crippen molar-refractivity contribution in [1.82, 2.24) is 10.2 Å². The van der Waals surface area contributed by atoms with Crippen molar-refractivity contribution in [1.29, 1.82) is 5.26 Å². The Balaban J connectivity index is 1.97.